The first kappa shape index (κ1) is 9.55. The summed E-state index contributed by atoms with van der Waals surface area (Å²) in [4.78, 5) is 0. The molecular weight excluding hydrogens is 156 g/mol. The summed E-state index contributed by atoms with van der Waals surface area (Å²) >= 11 is 0. The lowest BCUT2D eigenvalue weighted by Gasteiger charge is -2.31. The Morgan fingerprint density at radius 2 is 1.62 bits per heavy atom. The minimum absolute atomic E-state index is 0.615. The van der Waals surface area contributed by atoms with Gasteiger partial charge in [0.05, 0.1) is 0 Å². The molecule has 0 heteroatoms. The highest BCUT2D eigenvalue weighted by molar-refractivity contribution is 4.92. The van der Waals surface area contributed by atoms with E-state index < -0.39 is 0 Å². The van der Waals surface area contributed by atoms with Crippen molar-refractivity contribution < 1.29 is 0 Å². The van der Waals surface area contributed by atoms with Gasteiger partial charge in [-0.05, 0) is 36.0 Å². The van der Waals surface area contributed by atoms with Gasteiger partial charge in [-0.2, -0.15) is 0 Å². The zero-order valence-electron chi connectivity index (χ0n) is 9.47. The highest BCUT2D eigenvalue weighted by Crippen LogP contribution is 2.52. The van der Waals surface area contributed by atoms with Crippen LogP contribution in [0.25, 0.3) is 0 Å². The van der Waals surface area contributed by atoms with Crippen molar-refractivity contribution in [1.82, 2.24) is 0 Å². The van der Waals surface area contributed by atoms with Crippen molar-refractivity contribution in [2.75, 3.05) is 0 Å². The normalized spacial score (nSPS) is 39.5. The van der Waals surface area contributed by atoms with Crippen LogP contribution in [0.1, 0.15) is 59.3 Å². The fourth-order valence-electron chi connectivity index (χ4n) is 3.49. The molecule has 0 nitrogen and oxygen atoms in total. The fourth-order valence-corrected chi connectivity index (χ4v) is 3.49. The van der Waals surface area contributed by atoms with Gasteiger partial charge in [0.25, 0.3) is 0 Å². The largest absolute Gasteiger partial charge is 0.0649 e. The van der Waals surface area contributed by atoms with E-state index in [-0.39, 0.29) is 0 Å². The standard InChI is InChI=1S/C13H24/c1-4-13(2,3)12-8-10-6-5-7-11(10)9-12/h10-12H,4-9H2,1-3H3. The molecule has 2 fully saturated rings. The molecule has 0 heterocycles. The van der Waals surface area contributed by atoms with E-state index in [4.69, 9.17) is 0 Å². The predicted molar refractivity (Wildman–Crippen MR) is 57.6 cm³/mol. The van der Waals surface area contributed by atoms with E-state index in [0.29, 0.717) is 5.41 Å². The third kappa shape index (κ3) is 1.65. The lowest BCUT2D eigenvalue weighted by Crippen LogP contribution is -2.21. The molecule has 0 aromatic carbocycles. The topological polar surface area (TPSA) is 0 Å². The molecule has 0 saturated heterocycles. The van der Waals surface area contributed by atoms with Crippen LogP contribution in [0.3, 0.4) is 0 Å². The van der Waals surface area contributed by atoms with Crippen molar-refractivity contribution in [3.8, 4) is 0 Å². The van der Waals surface area contributed by atoms with Crippen LogP contribution < -0.4 is 0 Å². The van der Waals surface area contributed by atoms with Crippen molar-refractivity contribution >= 4 is 0 Å². The van der Waals surface area contributed by atoms with E-state index in [1.807, 2.05) is 0 Å². The van der Waals surface area contributed by atoms with Crippen LogP contribution in [-0.2, 0) is 0 Å². The molecule has 0 spiro atoms. The Morgan fingerprint density at radius 1 is 1.08 bits per heavy atom. The molecule has 0 radical (unpaired) electrons. The van der Waals surface area contributed by atoms with Crippen LogP contribution in [0.2, 0.25) is 0 Å². The Labute approximate surface area is 83.1 Å². The molecule has 0 N–H and O–H groups in total. The SMILES string of the molecule is CCC(C)(C)C1CC2CCCC2C1. The van der Waals surface area contributed by atoms with E-state index >= 15 is 0 Å². The van der Waals surface area contributed by atoms with Crippen LogP contribution >= 0.6 is 0 Å². The van der Waals surface area contributed by atoms with E-state index in [2.05, 4.69) is 20.8 Å². The number of rotatable bonds is 2. The fraction of sp³-hybridized carbons (Fsp3) is 1.00. The number of hydrogen-bond donors (Lipinski definition) is 0. The second kappa shape index (κ2) is 3.29. The first-order chi connectivity index (χ1) is 6.13. The molecule has 0 amide bonds. The summed E-state index contributed by atoms with van der Waals surface area (Å²) in [5, 5.41) is 0. The summed E-state index contributed by atoms with van der Waals surface area (Å²) in [6, 6.07) is 0. The summed E-state index contributed by atoms with van der Waals surface area (Å²) in [7, 11) is 0. The maximum atomic E-state index is 2.47. The van der Waals surface area contributed by atoms with Gasteiger partial charge in [0, 0.05) is 0 Å². The number of hydrogen-bond acceptors (Lipinski definition) is 0. The minimum atomic E-state index is 0.615. The smallest absolute Gasteiger partial charge is 0.0328 e. The Balaban J connectivity index is 1.98. The maximum Gasteiger partial charge on any atom is -0.0328 e. The Morgan fingerprint density at radius 3 is 2.08 bits per heavy atom. The molecule has 2 aliphatic carbocycles. The summed E-state index contributed by atoms with van der Waals surface area (Å²) in [6.45, 7) is 7.30. The van der Waals surface area contributed by atoms with Crippen molar-refractivity contribution in [2.24, 2.45) is 23.2 Å². The zero-order valence-corrected chi connectivity index (χ0v) is 9.47. The third-order valence-corrected chi connectivity index (χ3v) is 5.01. The molecule has 13 heavy (non-hydrogen) atoms. The van der Waals surface area contributed by atoms with Crippen LogP contribution in [0.5, 0.6) is 0 Å². The molecule has 0 bridgehead atoms. The average Bonchev–Trinajstić information content (AvgIpc) is 2.61. The molecule has 0 aliphatic heterocycles. The van der Waals surface area contributed by atoms with Crippen LogP contribution in [-0.4, -0.2) is 0 Å². The second-order valence-electron chi connectivity index (χ2n) is 5.96. The minimum Gasteiger partial charge on any atom is -0.0649 e. The Bertz CT molecular complexity index is 168. The molecule has 2 aliphatic rings. The van der Waals surface area contributed by atoms with Crippen molar-refractivity contribution in [2.45, 2.75) is 59.3 Å². The van der Waals surface area contributed by atoms with Gasteiger partial charge in [0.2, 0.25) is 0 Å². The van der Waals surface area contributed by atoms with Crippen molar-refractivity contribution in [3.05, 3.63) is 0 Å². The van der Waals surface area contributed by atoms with Crippen molar-refractivity contribution in [1.29, 1.82) is 0 Å². The summed E-state index contributed by atoms with van der Waals surface area (Å²) < 4.78 is 0. The van der Waals surface area contributed by atoms with E-state index in [1.54, 1.807) is 25.7 Å². The van der Waals surface area contributed by atoms with Gasteiger partial charge in [-0.15, -0.1) is 0 Å². The molecule has 0 aromatic rings. The van der Waals surface area contributed by atoms with Gasteiger partial charge in [-0.1, -0.05) is 46.5 Å². The molecule has 2 unspecified atom stereocenters. The van der Waals surface area contributed by atoms with Gasteiger partial charge in [0.15, 0.2) is 0 Å². The van der Waals surface area contributed by atoms with Crippen LogP contribution in [0, 0.1) is 23.2 Å². The second-order valence-corrected chi connectivity index (χ2v) is 5.96. The summed E-state index contributed by atoms with van der Waals surface area (Å²) in [6.07, 6.45) is 9.06. The highest BCUT2D eigenvalue weighted by Gasteiger charge is 2.42. The van der Waals surface area contributed by atoms with Gasteiger partial charge >= 0.3 is 0 Å². The lowest BCUT2D eigenvalue weighted by atomic mass is 9.75. The summed E-state index contributed by atoms with van der Waals surface area (Å²) in [5.41, 5.74) is 0.615. The van der Waals surface area contributed by atoms with Crippen LogP contribution in [0.15, 0.2) is 0 Å². The van der Waals surface area contributed by atoms with Crippen molar-refractivity contribution in [3.63, 3.8) is 0 Å². The van der Waals surface area contributed by atoms with Crippen LogP contribution in [0.4, 0.5) is 0 Å². The maximum absolute atomic E-state index is 2.47. The van der Waals surface area contributed by atoms with E-state index in [9.17, 15) is 0 Å². The number of fused-ring (bicyclic) bond motifs is 1. The van der Waals surface area contributed by atoms with Gasteiger partial charge in [-0.25, -0.2) is 0 Å². The molecule has 2 saturated carbocycles. The zero-order chi connectivity index (χ0) is 9.47. The molecule has 76 valence electrons. The molecular formula is C13H24. The Kier molecular flexibility index (Phi) is 2.42. The third-order valence-electron chi connectivity index (χ3n) is 5.01. The average molecular weight is 180 g/mol. The molecule has 0 aromatic heterocycles. The summed E-state index contributed by atoms with van der Waals surface area (Å²) in [5.74, 6) is 3.28. The Hall–Kier alpha value is 0. The monoisotopic (exact) mass is 180 g/mol. The van der Waals surface area contributed by atoms with Gasteiger partial charge < -0.3 is 0 Å². The van der Waals surface area contributed by atoms with Gasteiger partial charge in [-0.3, -0.25) is 0 Å². The first-order valence-corrected chi connectivity index (χ1v) is 6.13. The van der Waals surface area contributed by atoms with Gasteiger partial charge in [0.1, 0.15) is 0 Å². The molecule has 2 atom stereocenters. The molecule has 2 rings (SSSR count). The highest BCUT2D eigenvalue weighted by atomic mass is 14.5. The lowest BCUT2D eigenvalue weighted by molar-refractivity contribution is 0.196. The van der Waals surface area contributed by atoms with E-state index in [0.717, 1.165) is 17.8 Å². The first-order valence-electron chi connectivity index (χ1n) is 6.13. The van der Waals surface area contributed by atoms with E-state index in [1.165, 1.54) is 12.8 Å². The quantitative estimate of drug-likeness (QED) is 0.596. The predicted octanol–water partition coefficient (Wildman–Crippen LogP) is 4.25.